The zero-order valence-electron chi connectivity index (χ0n) is 7.43. The molecule has 0 aliphatic carbocycles. The first kappa shape index (κ1) is 9.70. The number of likely N-dealkylation sites (N-methyl/N-ethyl adjacent to an activating group) is 1. The Morgan fingerprint density at radius 1 is 1.00 bits per heavy atom. The fraction of sp³-hybridized carbons (Fsp3) is 0.778. The van der Waals surface area contributed by atoms with Gasteiger partial charge in [0.1, 0.15) is 0 Å². The van der Waals surface area contributed by atoms with Crippen LogP contribution < -0.4 is 0 Å². The molecule has 1 heteroatoms. The first-order valence-corrected chi connectivity index (χ1v) is 4.22. The monoisotopic (exact) mass is 141 g/mol. The van der Waals surface area contributed by atoms with E-state index in [4.69, 9.17) is 0 Å². The van der Waals surface area contributed by atoms with Gasteiger partial charge in [0.25, 0.3) is 0 Å². The zero-order chi connectivity index (χ0) is 7.82. The summed E-state index contributed by atoms with van der Waals surface area (Å²) in [6.45, 7) is 9.99. The highest BCUT2D eigenvalue weighted by molar-refractivity contribution is 4.83. The molecule has 0 saturated heterocycles. The average molecular weight is 141 g/mol. The van der Waals surface area contributed by atoms with Crippen molar-refractivity contribution in [2.75, 3.05) is 19.6 Å². The molecule has 0 amide bonds. The van der Waals surface area contributed by atoms with E-state index in [2.05, 4.69) is 37.8 Å². The van der Waals surface area contributed by atoms with Gasteiger partial charge < -0.3 is 4.90 Å². The molecule has 0 unspecified atom stereocenters. The summed E-state index contributed by atoms with van der Waals surface area (Å²) in [5, 5.41) is 0. The molecule has 1 nitrogen and oxygen atoms in total. The molecule has 0 aliphatic heterocycles. The molecule has 0 heterocycles. The van der Waals surface area contributed by atoms with Gasteiger partial charge >= 0.3 is 0 Å². The second kappa shape index (κ2) is 6.81. The molecule has 0 aromatic carbocycles. The van der Waals surface area contributed by atoms with Gasteiger partial charge in [-0.1, -0.05) is 32.9 Å². The molecular formula is C9H19N. The van der Waals surface area contributed by atoms with Crippen LogP contribution >= 0.6 is 0 Å². The fourth-order valence-electron chi connectivity index (χ4n) is 0.872. The van der Waals surface area contributed by atoms with Crippen LogP contribution in [0.1, 0.15) is 27.2 Å². The van der Waals surface area contributed by atoms with Crippen molar-refractivity contribution in [2.24, 2.45) is 0 Å². The smallest absolute Gasteiger partial charge is 0.0162 e. The van der Waals surface area contributed by atoms with Crippen molar-refractivity contribution >= 4 is 0 Å². The van der Waals surface area contributed by atoms with E-state index in [0.29, 0.717) is 0 Å². The predicted octanol–water partition coefficient (Wildman–Crippen LogP) is 2.29. The van der Waals surface area contributed by atoms with Gasteiger partial charge in [0, 0.05) is 6.54 Å². The highest BCUT2D eigenvalue weighted by Gasteiger charge is 1.92. The third-order valence-electron chi connectivity index (χ3n) is 1.66. The molecule has 0 aromatic rings. The van der Waals surface area contributed by atoms with E-state index in [0.717, 1.165) is 26.1 Å². The van der Waals surface area contributed by atoms with Gasteiger partial charge in [0.05, 0.1) is 0 Å². The maximum Gasteiger partial charge on any atom is 0.0162 e. The van der Waals surface area contributed by atoms with Crippen molar-refractivity contribution in [3.8, 4) is 0 Å². The van der Waals surface area contributed by atoms with Crippen molar-refractivity contribution in [3.05, 3.63) is 12.2 Å². The third kappa shape index (κ3) is 4.57. The lowest BCUT2D eigenvalue weighted by Crippen LogP contribution is -2.22. The summed E-state index contributed by atoms with van der Waals surface area (Å²) in [5.41, 5.74) is 0. The Hall–Kier alpha value is -0.300. The summed E-state index contributed by atoms with van der Waals surface area (Å²) in [7, 11) is 0. The Morgan fingerprint density at radius 3 is 2.00 bits per heavy atom. The zero-order valence-corrected chi connectivity index (χ0v) is 7.43. The molecule has 0 atom stereocenters. The van der Waals surface area contributed by atoms with Crippen molar-refractivity contribution in [2.45, 2.75) is 27.2 Å². The van der Waals surface area contributed by atoms with Gasteiger partial charge in [0.15, 0.2) is 0 Å². The Bertz CT molecular complexity index is 82.7. The van der Waals surface area contributed by atoms with E-state index in [1.807, 2.05) is 0 Å². The molecule has 0 rings (SSSR count). The highest BCUT2D eigenvalue weighted by Crippen LogP contribution is 1.88. The van der Waals surface area contributed by atoms with Gasteiger partial charge in [-0.2, -0.15) is 0 Å². The van der Waals surface area contributed by atoms with E-state index in [-0.39, 0.29) is 0 Å². The molecule has 10 heavy (non-hydrogen) atoms. The van der Waals surface area contributed by atoms with E-state index < -0.39 is 0 Å². The van der Waals surface area contributed by atoms with Gasteiger partial charge in [-0.15, -0.1) is 0 Å². The minimum Gasteiger partial charge on any atom is -0.300 e. The topological polar surface area (TPSA) is 3.24 Å². The minimum absolute atomic E-state index is 1.11. The molecule has 0 radical (unpaired) electrons. The quantitative estimate of drug-likeness (QED) is 0.531. The Balaban J connectivity index is 3.34. The fourth-order valence-corrected chi connectivity index (χ4v) is 0.872. The maximum atomic E-state index is 2.40. The first-order chi connectivity index (χ1) is 4.85. The molecule has 0 aliphatic rings. The van der Waals surface area contributed by atoms with Crippen LogP contribution in [0.15, 0.2) is 12.2 Å². The van der Waals surface area contributed by atoms with Crippen LogP contribution in [0.25, 0.3) is 0 Å². The Morgan fingerprint density at radius 2 is 1.60 bits per heavy atom. The molecule has 0 bridgehead atoms. The van der Waals surface area contributed by atoms with Crippen molar-refractivity contribution < 1.29 is 0 Å². The highest BCUT2D eigenvalue weighted by atomic mass is 15.1. The van der Waals surface area contributed by atoms with Gasteiger partial charge in [-0.3, -0.25) is 0 Å². The van der Waals surface area contributed by atoms with Crippen LogP contribution in [0.4, 0.5) is 0 Å². The van der Waals surface area contributed by atoms with E-state index in [1.54, 1.807) is 0 Å². The largest absolute Gasteiger partial charge is 0.300 e. The second-order valence-electron chi connectivity index (χ2n) is 2.37. The minimum atomic E-state index is 1.11. The van der Waals surface area contributed by atoms with Crippen LogP contribution in [-0.2, 0) is 0 Å². The summed E-state index contributed by atoms with van der Waals surface area (Å²) in [6, 6.07) is 0. The molecule has 0 N–H and O–H groups in total. The third-order valence-corrected chi connectivity index (χ3v) is 1.66. The Kier molecular flexibility index (Phi) is 6.61. The SMILES string of the molecule is CCC=CCN(CC)CC. The van der Waals surface area contributed by atoms with Crippen LogP contribution in [0.5, 0.6) is 0 Å². The Labute approximate surface area is 64.7 Å². The second-order valence-corrected chi connectivity index (χ2v) is 2.37. The molecule has 0 spiro atoms. The summed E-state index contributed by atoms with van der Waals surface area (Å²) < 4.78 is 0. The van der Waals surface area contributed by atoms with Crippen LogP contribution in [0, 0.1) is 0 Å². The number of allylic oxidation sites excluding steroid dienone is 1. The number of rotatable bonds is 5. The van der Waals surface area contributed by atoms with Crippen LogP contribution in [0.3, 0.4) is 0 Å². The van der Waals surface area contributed by atoms with Crippen molar-refractivity contribution in [3.63, 3.8) is 0 Å². The normalized spacial score (nSPS) is 11.6. The lowest BCUT2D eigenvalue weighted by atomic mass is 10.4. The van der Waals surface area contributed by atoms with Crippen molar-refractivity contribution in [1.82, 2.24) is 4.90 Å². The predicted molar refractivity (Wildman–Crippen MR) is 47.2 cm³/mol. The van der Waals surface area contributed by atoms with Crippen LogP contribution in [-0.4, -0.2) is 24.5 Å². The van der Waals surface area contributed by atoms with Gasteiger partial charge in [-0.25, -0.2) is 0 Å². The summed E-state index contributed by atoms with van der Waals surface area (Å²) in [4.78, 5) is 2.40. The lowest BCUT2D eigenvalue weighted by molar-refractivity contribution is 0.337. The van der Waals surface area contributed by atoms with E-state index >= 15 is 0 Å². The molecule has 0 saturated carbocycles. The maximum absolute atomic E-state index is 2.40. The van der Waals surface area contributed by atoms with Gasteiger partial charge in [-0.05, 0) is 19.5 Å². The van der Waals surface area contributed by atoms with Crippen LogP contribution in [0.2, 0.25) is 0 Å². The summed E-state index contributed by atoms with van der Waals surface area (Å²) in [6.07, 6.45) is 5.62. The average Bonchev–Trinajstić information content (AvgIpc) is 1.99. The first-order valence-electron chi connectivity index (χ1n) is 4.22. The molecular weight excluding hydrogens is 122 g/mol. The standard InChI is InChI=1S/C9H19N/c1-4-7-8-9-10(5-2)6-3/h7-8H,4-6,9H2,1-3H3. The lowest BCUT2D eigenvalue weighted by Gasteiger charge is -2.14. The number of nitrogens with zero attached hydrogens (tertiary/aromatic N) is 1. The number of hydrogen-bond acceptors (Lipinski definition) is 1. The molecule has 60 valence electrons. The number of hydrogen-bond donors (Lipinski definition) is 0. The molecule has 0 aromatic heterocycles. The van der Waals surface area contributed by atoms with E-state index in [1.165, 1.54) is 0 Å². The van der Waals surface area contributed by atoms with E-state index in [9.17, 15) is 0 Å². The van der Waals surface area contributed by atoms with Gasteiger partial charge in [0.2, 0.25) is 0 Å². The summed E-state index contributed by atoms with van der Waals surface area (Å²) in [5.74, 6) is 0. The van der Waals surface area contributed by atoms with Crippen molar-refractivity contribution in [1.29, 1.82) is 0 Å². The summed E-state index contributed by atoms with van der Waals surface area (Å²) >= 11 is 0. The molecule has 0 fully saturated rings.